The number of unbranched alkanes of at least 4 members (excludes halogenated alkanes) is 43. The third-order valence-corrected chi connectivity index (χ3v) is 14.2. The number of ether oxygens (including phenoxy) is 3. The Kier molecular flexibility index (Phi) is 57.7. The quantitative estimate of drug-likeness (QED) is 0.0261. The van der Waals surface area contributed by atoms with E-state index < -0.39 is 6.10 Å². The molecule has 0 saturated carbocycles. The van der Waals surface area contributed by atoms with Gasteiger partial charge in [0.2, 0.25) is 0 Å². The Morgan fingerprint density at radius 3 is 0.714 bits per heavy atom. The van der Waals surface area contributed by atoms with Gasteiger partial charge in [-0.2, -0.15) is 0 Å². The number of carbonyl (C=O) groups is 3. The number of hydrogen-bond donors (Lipinski definition) is 0. The molecule has 0 aliphatic heterocycles. The van der Waals surface area contributed by atoms with Gasteiger partial charge in [0.25, 0.3) is 0 Å². The van der Waals surface area contributed by atoms with Gasteiger partial charge in [-0.15, -0.1) is 0 Å². The first-order chi connectivity index (χ1) is 34.5. The van der Waals surface area contributed by atoms with Gasteiger partial charge in [-0.05, 0) is 70.6 Å². The molecule has 0 amide bonds. The number of carbonyl (C=O) groups excluding carboxylic acids is 3. The fraction of sp³-hybridized carbons (Fsp3) is 0.891. The Bertz CT molecular complexity index is 1130. The van der Waals surface area contributed by atoms with E-state index in [1.807, 2.05) is 0 Å². The van der Waals surface area contributed by atoms with Crippen LogP contribution in [0.5, 0.6) is 0 Å². The highest BCUT2D eigenvalue weighted by Gasteiger charge is 2.19. The Labute approximate surface area is 436 Å². The molecule has 1 unspecified atom stereocenters. The minimum Gasteiger partial charge on any atom is -0.462 e. The molecule has 412 valence electrons. The summed E-state index contributed by atoms with van der Waals surface area (Å²) >= 11 is 0. The van der Waals surface area contributed by atoms with Crippen LogP contribution in [0.25, 0.3) is 0 Å². The van der Waals surface area contributed by atoms with E-state index in [-0.39, 0.29) is 31.1 Å². The zero-order chi connectivity index (χ0) is 50.7. The van der Waals surface area contributed by atoms with E-state index in [2.05, 4.69) is 45.1 Å². The van der Waals surface area contributed by atoms with Crippen LogP contribution in [-0.4, -0.2) is 37.2 Å². The van der Waals surface area contributed by atoms with Crippen LogP contribution in [0.1, 0.15) is 348 Å². The van der Waals surface area contributed by atoms with Crippen molar-refractivity contribution >= 4 is 17.9 Å². The zero-order valence-electron chi connectivity index (χ0n) is 47.3. The molecule has 0 heterocycles. The minimum absolute atomic E-state index is 0.0696. The number of hydrogen-bond acceptors (Lipinski definition) is 6. The minimum atomic E-state index is -0.771. The molecule has 6 heteroatoms. The first kappa shape index (κ1) is 67.9. The fourth-order valence-corrected chi connectivity index (χ4v) is 9.44. The summed E-state index contributed by atoms with van der Waals surface area (Å²) in [6.45, 7) is 6.68. The van der Waals surface area contributed by atoms with Crippen LogP contribution in [0.2, 0.25) is 0 Å². The van der Waals surface area contributed by atoms with E-state index in [4.69, 9.17) is 14.2 Å². The Morgan fingerprint density at radius 1 is 0.271 bits per heavy atom. The number of rotatable bonds is 58. The lowest BCUT2D eigenvalue weighted by Gasteiger charge is -2.18. The van der Waals surface area contributed by atoms with Crippen molar-refractivity contribution in [3.8, 4) is 0 Å². The van der Waals surface area contributed by atoms with E-state index in [1.54, 1.807) is 0 Å². The average molecular weight is 986 g/mol. The summed E-state index contributed by atoms with van der Waals surface area (Å²) in [4.78, 5) is 38.2. The van der Waals surface area contributed by atoms with Crippen LogP contribution in [-0.2, 0) is 28.6 Å². The third kappa shape index (κ3) is 56.8. The van der Waals surface area contributed by atoms with Gasteiger partial charge in [-0.3, -0.25) is 14.4 Å². The molecule has 0 saturated heterocycles. The normalized spacial score (nSPS) is 12.1. The van der Waals surface area contributed by atoms with Crippen LogP contribution in [0.15, 0.2) is 24.3 Å². The van der Waals surface area contributed by atoms with E-state index >= 15 is 0 Å². The summed E-state index contributed by atoms with van der Waals surface area (Å²) in [7, 11) is 0. The molecule has 0 aromatic rings. The molecule has 70 heavy (non-hydrogen) atoms. The third-order valence-electron chi connectivity index (χ3n) is 14.2. The second kappa shape index (κ2) is 59.5. The molecule has 0 radical (unpaired) electrons. The highest BCUT2D eigenvalue weighted by atomic mass is 16.6. The molecule has 1 atom stereocenters. The summed E-state index contributed by atoms with van der Waals surface area (Å²) < 4.78 is 16.9. The number of allylic oxidation sites excluding steroid dienone is 4. The lowest BCUT2D eigenvalue weighted by Crippen LogP contribution is -2.30. The zero-order valence-corrected chi connectivity index (χ0v) is 47.3. The lowest BCUT2D eigenvalue weighted by molar-refractivity contribution is -0.167. The van der Waals surface area contributed by atoms with Crippen molar-refractivity contribution in [3.63, 3.8) is 0 Å². The van der Waals surface area contributed by atoms with Crippen molar-refractivity contribution in [2.24, 2.45) is 0 Å². The summed E-state index contributed by atoms with van der Waals surface area (Å²) in [5.74, 6) is -0.856. The molecule has 0 bridgehead atoms. The predicted molar refractivity (Wildman–Crippen MR) is 303 cm³/mol. The highest BCUT2D eigenvalue weighted by molar-refractivity contribution is 5.71. The largest absolute Gasteiger partial charge is 0.462 e. The molecule has 0 N–H and O–H groups in total. The van der Waals surface area contributed by atoms with E-state index in [0.29, 0.717) is 19.3 Å². The van der Waals surface area contributed by atoms with Crippen molar-refractivity contribution in [1.82, 2.24) is 0 Å². The Hall–Kier alpha value is -2.11. The van der Waals surface area contributed by atoms with Crippen molar-refractivity contribution < 1.29 is 28.6 Å². The van der Waals surface area contributed by atoms with Gasteiger partial charge in [0.1, 0.15) is 13.2 Å². The highest BCUT2D eigenvalue weighted by Crippen LogP contribution is 2.17. The molecule has 0 fully saturated rings. The first-order valence-electron chi connectivity index (χ1n) is 31.3. The smallest absolute Gasteiger partial charge is 0.306 e. The second-order valence-electron chi connectivity index (χ2n) is 21.3. The molecular formula is C64H120O6. The molecule has 0 rings (SSSR count). The predicted octanol–water partition coefficient (Wildman–Crippen LogP) is 21.1. The van der Waals surface area contributed by atoms with E-state index in [0.717, 1.165) is 64.2 Å². The van der Waals surface area contributed by atoms with Gasteiger partial charge in [0, 0.05) is 19.3 Å². The van der Waals surface area contributed by atoms with Gasteiger partial charge in [0.05, 0.1) is 0 Å². The van der Waals surface area contributed by atoms with Crippen molar-refractivity contribution in [2.75, 3.05) is 13.2 Å². The van der Waals surface area contributed by atoms with Gasteiger partial charge < -0.3 is 14.2 Å². The van der Waals surface area contributed by atoms with Crippen molar-refractivity contribution in [1.29, 1.82) is 0 Å². The molecular weight excluding hydrogens is 865 g/mol. The van der Waals surface area contributed by atoms with Gasteiger partial charge in [-0.25, -0.2) is 0 Å². The first-order valence-corrected chi connectivity index (χ1v) is 31.3. The van der Waals surface area contributed by atoms with Crippen molar-refractivity contribution in [3.05, 3.63) is 24.3 Å². The summed E-state index contributed by atoms with van der Waals surface area (Å²) in [5, 5.41) is 0. The van der Waals surface area contributed by atoms with Crippen LogP contribution >= 0.6 is 0 Å². The number of esters is 3. The van der Waals surface area contributed by atoms with Gasteiger partial charge in [0.15, 0.2) is 6.10 Å². The Morgan fingerprint density at radius 2 is 0.471 bits per heavy atom. The van der Waals surface area contributed by atoms with Crippen LogP contribution in [0.4, 0.5) is 0 Å². The molecule has 0 aliphatic carbocycles. The topological polar surface area (TPSA) is 78.9 Å². The Balaban J connectivity index is 4.21. The van der Waals surface area contributed by atoms with Gasteiger partial charge >= 0.3 is 17.9 Å². The molecule has 0 spiro atoms. The molecule has 6 nitrogen and oxygen atoms in total. The standard InChI is InChI=1S/C64H120O6/c1-4-7-10-13-16-19-22-25-27-28-29-30-31-32-33-34-35-36-37-40-42-45-48-51-54-57-63(66)69-60-61(59-68-62(65)56-53-50-47-44-41-38-24-21-18-15-12-9-6-3)70-64(67)58-55-52-49-46-43-39-26-23-20-17-14-11-8-5-2/h23,26,28-29,61H,4-22,24-25,27,30-60H2,1-3H3/b26-23-,29-28-. The molecule has 0 aromatic heterocycles. The summed E-state index contributed by atoms with van der Waals surface area (Å²) in [6.07, 6.45) is 70.4. The lowest BCUT2D eigenvalue weighted by atomic mass is 10.0. The summed E-state index contributed by atoms with van der Waals surface area (Å²) in [6, 6.07) is 0. The van der Waals surface area contributed by atoms with Crippen LogP contribution in [0, 0.1) is 0 Å². The average Bonchev–Trinajstić information content (AvgIpc) is 3.36. The maximum absolute atomic E-state index is 12.9. The van der Waals surface area contributed by atoms with E-state index in [9.17, 15) is 14.4 Å². The molecule has 0 aliphatic rings. The van der Waals surface area contributed by atoms with Crippen molar-refractivity contribution in [2.45, 2.75) is 354 Å². The monoisotopic (exact) mass is 985 g/mol. The maximum atomic E-state index is 12.9. The SMILES string of the molecule is CCCCCCC/C=C\CCCCCCCC(=O)OC(COC(=O)CCCCCCCCCCCCCCC)COC(=O)CCCCCCCCCCCCCCC/C=C\CCCCCCCCCC. The summed E-state index contributed by atoms with van der Waals surface area (Å²) in [5.41, 5.74) is 0. The van der Waals surface area contributed by atoms with E-state index in [1.165, 1.54) is 244 Å². The fourth-order valence-electron chi connectivity index (χ4n) is 9.44. The van der Waals surface area contributed by atoms with Crippen LogP contribution < -0.4 is 0 Å². The molecule has 0 aromatic carbocycles. The second-order valence-corrected chi connectivity index (χ2v) is 21.3. The maximum Gasteiger partial charge on any atom is 0.306 e. The van der Waals surface area contributed by atoms with Gasteiger partial charge in [-0.1, -0.05) is 283 Å². The van der Waals surface area contributed by atoms with Crippen LogP contribution in [0.3, 0.4) is 0 Å².